The molecule has 2 aromatic carbocycles. The van der Waals surface area contributed by atoms with Crippen molar-refractivity contribution in [3.05, 3.63) is 65.0 Å². The Bertz CT molecular complexity index is 804. The number of urea groups is 1. The standard InChI is InChI=1S/C21H26FN3O2/c1-13(2)19(20(26)24-18-7-5-6-14(3)15(18)4)25-21(27)23-12-16-8-10-17(22)11-9-16/h5-11,13,19H,12H2,1-4H3,(H,24,26)(H2,23,25,27). The molecule has 3 amide bonds. The van der Waals surface area contributed by atoms with E-state index in [0.29, 0.717) is 0 Å². The molecule has 1 atom stereocenters. The average Bonchev–Trinajstić information content (AvgIpc) is 2.62. The van der Waals surface area contributed by atoms with Crippen LogP contribution in [0.25, 0.3) is 0 Å². The van der Waals surface area contributed by atoms with Crippen molar-refractivity contribution in [3.63, 3.8) is 0 Å². The number of halogens is 1. The van der Waals surface area contributed by atoms with Gasteiger partial charge in [0.2, 0.25) is 5.91 Å². The van der Waals surface area contributed by atoms with Crippen molar-refractivity contribution < 1.29 is 14.0 Å². The molecule has 2 rings (SSSR count). The second-order valence-electron chi connectivity index (χ2n) is 6.91. The molecule has 0 aliphatic rings. The Balaban J connectivity index is 1.97. The van der Waals surface area contributed by atoms with Crippen LogP contribution in [-0.4, -0.2) is 18.0 Å². The summed E-state index contributed by atoms with van der Waals surface area (Å²) in [5, 5.41) is 8.30. The number of hydrogen-bond donors (Lipinski definition) is 3. The van der Waals surface area contributed by atoms with E-state index in [1.54, 1.807) is 12.1 Å². The topological polar surface area (TPSA) is 70.2 Å². The molecule has 6 heteroatoms. The monoisotopic (exact) mass is 371 g/mol. The highest BCUT2D eigenvalue weighted by Crippen LogP contribution is 2.18. The number of benzene rings is 2. The molecular weight excluding hydrogens is 345 g/mol. The summed E-state index contributed by atoms with van der Waals surface area (Å²) in [6.07, 6.45) is 0. The number of hydrogen-bond acceptors (Lipinski definition) is 2. The highest BCUT2D eigenvalue weighted by atomic mass is 19.1. The molecule has 27 heavy (non-hydrogen) atoms. The normalized spacial score (nSPS) is 11.8. The van der Waals surface area contributed by atoms with E-state index >= 15 is 0 Å². The first kappa shape index (κ1) is 20.4. The van der Waals surface area contributed by atoms with Crippen LogP contribution in [0.1, 0.15) is 30.5 Å². The lowest BCUT2D eigenvalue weighted by Gasteiger charge is -2.22. The van der Waals surface area contributed by atoms with E-state index in [2.05, 4.69) is 16.0 Å². The first-order chi connectivity index (χ1) is 12.8. The minimum atomic E-state index is -0.682. The van der Waals surface area contributed by atoms with Crippen molar-refractivity contribution >= 4 is 17.6 Å². The Morgan fingerprint density at radius 3 is 2.33 bits per heavy atom. The molecule has 0 heterocycles. The second-order valence-corrected chi connectivity index (χ2v) is 6.91. The summed E-state index contributed by atoms with van der Waals surface area (Å²) in [7, 11) is 0. The minimum absolute atomic E-state index is 0.0910. The number of carbonyl (C=O) groups excluding carboxylic acids is 2. The van der Waals surface area contributed by atoms with Crippen LogP contribution in [0.2, 0.25) is 0 Å². The summed E-state index contributed by atoms with van der Waals surface area (Å²) < 4.78 is 12.9. The van der Waals surface area contributed by atoms with Crippen molar-refractivity contribution in [3.8, 4) is 0 Å². The van der Waals surface area contributed by atoms with Gasteiger partial charge in [-0.05, 0) is 54.7 Å². The Labute approximate surface area is 159 Å². The van der Waals surface area contributed by atoms with Crippen LogP contribution in [-0.2, 0) is 11.3 Å². The third-order valence-corrected chi connectivity index (χ3v) is 4.46. The third-order valence-electron chi connectivity index (χ3n) is 4.46. The number of aryl methyl sites for hydroxylation is 1. The Hall–Kier alpha value is -2.89. The molecule has 0 aliphatic heterocycles. The number of carbonyl (C=O) groups is 2. The molecule has 5 nitrogen and oxygen atoms in total. The summed E-state index contributed by atoms with van der Waals surface area (Å²) >= 11 is 0. The molecule has 144 valence electrons. The molecule has 0 bridgehead atoms. The van der Waals surface area contributed by atoms with Gasteiger partial charge in [-0.3, -0.25) is 4.79 Å². The molecule has 3 N–H and O–H groups in total. The maximum Gasteiger partial charge on any atom is 0.315 e. The van der Waals surface area contributed by atoms with E-state index in [-0.39, 0.29) is 24.2 Å². The number of rotatable bonds is 6. The van der Waals surface area contributed by atoms with Gasteiger partial charge in [0.15, 0.2) is 0 Å². The van der Waals surface area contributed by atoms with E-state index < -0.39 is 12.1 Å². The molecule has 0 fully saturated rings. The van der Waals surface area contributed by atoms with Gasteiger partial charge in [-0.1, -0.05) is 38.1 Å². The minimum Gasteiger partial charge on any atom is -0.334 e. The van der Waals surface area contributed by atoms with Gasteiger partial charge in [-0.2, -0.15) is 0 Å². The highest BCUT2D eigenvalue weighted by Gasteiger charge is 2.24. The van der Waals surface area contributed by atoms with Crippen molar-refractivity contribution in [1.82, 2.24) is 10.6 Å². The number of nitrogens with one attached hydrogen (secondary N) is 3. The smallest absolute Gasteiger partial charge is 0.315 e. The quantitative estimate of drug-likeness (QED) is 0.721. The van der Waals surface area contributed by atoms with E-state index in [0.717, 1.165) is 22.4 Å². The van der Waals surface area contributed by atoms with Crippen molar-refractivity contribution in [2.45, 2.75) is 40.3 Å². The fourth-order valence-electron chi connectivity index (χ4n) is 2.61. The van der Waals surface area contributed by atoms with Crippen molar-refractivity contribution in [2.24, 2.45) is 5.92 Å². The predicted molar refractivity (Wildman–Crippen MR) is 105 cm³/mol. The molecule has 2 aromatic rings. The van der Waals surface area contributed by atoms with Crippen molar-refractivity contribution in [1.29, 1.82) is 0 Å². The largest absolute Gasteiger partial charge is 0.334 e. The van der Waals surface area contributed by atoms with Crippen LogP contribution in [0.4, 0.5) is 14.9 Å². The van der Waals surface area contributed by atoms with Gasteiger partial charge in [0, 0.05) is 12.2 Å². The van der Waals surface area contributed by atoms with Crippen LogP contribution in [0.15, 0.2) is 42.5 Å². The molecule has 0 saturated heterocycles. The van der Waals surface area contributed by atoms with E-state index in [1.807, 2.05) is 45.9 Å². The summed E-state index contributed by atoms with van der Waals surface area (Å²) in [4.78, 5) is 24.9. The second kappa shape index (κ2) is 9.16. The Morgan fingerprint density at radius 2 is 1.70 bits per heavy atom. The van der Waals surface area contributed by atoms with Gasteiger partial charge in [0.05, 0.1) is 0 Å². The maximum absolute atomic E-state index is 12.9. The van der Waals surface area contributed by atoms with Crippen LogP contribution in [0.3, 0.4) is 0 Å². The van der Waals surface area contributed by atoms with Gasteiger partial charge < -0.3 is 16.0 Å². The SMILES string of the molecule is Cc1cccc(NC(=O)C(NC(=O)NCc2ccc(F)cc2)C(C)C)c1C. The van der Waals surface area contributed by atoms with Gasteiger partial charge in [-0.25, -0.2) is 9.18 Å². The predicted octanol–water partition coefficient (Wildman–Crippen LogP) is 3.91. The number of anilines is 1. The van der Waals surface area contributed by atoms with Gasteiger partial charge in [0.1, 0.15) is 11.9 Å². The number of amides is 3. The zero-order chi connectivity index (χ0) is 20.0. The van der Waals surface area contributed by atoms with Crippen molar-refractivity contribution in [2.75, 3.05) is 5.32 Å². The third kappa shape index (κ3) is 5.81. The molecule has 0 aliphatic carbocycles. The van der Waals surface area contributed by atoms with Crippen LogP contribution in [0, 0.1) is 25.6 Å². The Kier molecular flexibility index (Phi) is 6.93. The molecule has 0 spiro atoms. The lowest BCUT2D eigenvalue weighted by atomic mass is 10.0. The van der Waals surface area contributed by atoms with Gasteiger partial charge in [-0.15, -0.1) is 0 Å². The summed E-state index contributed by atoms with van der Waals surface area (Å²) in [6.45, 7) is 7.90. The zero-order valence-electron chi connectivity index (χ0n) is 16.1. The molecule has 0 saturated carbocycles. The van der Waals surface area contributed by atoms with E-state index in [4.69, 9.17) is 0 Å². The van der Waals surface area contributed by atoms with Crippen LogP contribution in [0.5, 0.6) is 0 Å². The first-order valence-electron chi connectivity index (χ1n) is 8.94. The highest BCUT2D eigenvalue weighted by molar-refractivity contribution is 5.97. The lowest BCUT2D eigenvalue weighted by Crippen LogP contribution is -2.50. The fourth-order valence-corrected chi connectivity index (χ4v) is 2.61. The van der Waals surface area contributed by atoms with E-state index in [1.165, 1.54) is 12.1 Å². The summed E-state index contributed by atoms with van der Waals surface area (Å²) in [6, 6.07) is 10.4. The molecule has 0 radical (unpaired) electrons. The first-order valence-corrected chi connectivity index (χ1v) is 8.94. The average molecular weight is 371 g/mol. The zero-order valence-corrected chi connectivity index (χ0v) is 16.1. The van der Waals surface area contributed by atoms with Crippen LogP contribution < -0.4 is 16.0 Å². The fraction of sp³-hybridized carbons (Fsp3) is 0.333. The van der Waals surface area contributed by atoms with Gasteiger partial charge in [0.25, 0.3) is 0 Å². The summed E-state index contributed by atoms with van der Waals surface area (Å²) in [5.41, 5.74) is 3.58. The maximum atomic E-state index is 12.9. The lowest BCUT2D eigenvalue weighted by molar-refractivity contribution is -0.118. The summed E-state index contributed by atoms with van der Waals surface area (Å²) in [5.74, 6) is -0.687. The Morgan fingerprint density at radius 1 is 1.04 bits per heavy atom. The van der Waals surface area contributed by atoms with E-state index in [9.17, 15) is 14.0 Å². The van der Waals surface area contributed by atoms with Gasteiger partial charge >= 0.3 is 6.03 Å². The molecular formula is C21H26FN3O2. The molecule has 1 unspecified atom stereocenters. The van der Waals surface area contributed by atoms with Crippen LogP contribution >= 0.6 is 0 Å². The molecule has 0 aromatic heterocycles.